The first-order chi connectivity index (χ1) is 9.42. The van der Waals surface area contributed by atoms with Crippen LogP contribution in [0.2, 0.25) is 0 Å². The molecule has 1 aliphatic heterocycles. The molecule has 1 aliphatic carbocycles. The zero-order valence-electron chi connectivity index (χ0n) is 12.8. The third-order valence-corrected chi connectivity index (χ3v) is 5.12. The monoisotopic (exact) mass is 284 g/mol. The maximum Gasteiger partial charge on any atom is 0.239 e. The van der Waals surface area contributed by atoms with E-state index >= 15 is 0 Å². The molecule has 116 valence electrons. The SMILES string of the molecule is CCOC1CC(O)C12CCN(C(=O)[C@@H](N)C(C)C)CC2. The number of carbonyl (C=O) groups is 1. The minimum atomic E-state index is -0.418. The molecule has 2 fully saturated rings. The average Bonchev–Trinajstić information content (AvgIpc) is 2.45. The maximum absolute atomic E-state index is 12.3. The van der Waals surface area contributed by atoms with Gasteiger partial charge in [-0.1, -0.05) is 13.8 Å². The van der Waals surface area contributed by atoms with Crippen molar-refractivity contribution >= 4 is 5.91 Å². The molecule has 3 N–H and O–H groups in total. The predicted molar refractivity (Wildman–Crippen MR) is 77.1 cm³/mol. The lowest BCUT2D eigenvalue weighted by Gasteiger charge is -2.56. The van der Waals surface area contributed by atoms with E-state index in [1.807, 2.05) is 25.7 Å². The summed E-state index contributed by atoms with van der Waals surface area (Å²) >= 11 is 0. The Balaban J connectivity index is 1.93. The van der Waals surface area contributed by atoms with Crippen molar-refractivity contribution in [3.05, 3.63) is 0 Å². The minimum absolute atomic E-state index is 0.0385. The van der Waals surface area contributed by atoms with Crippen LogP contribution in [0.5, 0.6) is 0 Å². The van der Waals surface area contributed by atoms with Crippen molar-refractivity contribution in [3.63, 3.8) is 0 Å². The highest BCUT2D eigenvalue weighted by Crippen LogP contribution is 2.50. The van der Waals surface area contributed by atoms with Crippen molar-refractivity contribution in [1.82, 2.24) is 4.90 Å². The summed E-state index contributed by atoms with van der Waals surface area (Å²) in [4.78, 5) is 14.1. The second kappa shape index (κ2) is 6.00. The first-order valence-electron chi connectivity index (χ1n) is 7.76. The number of rotatable bonds is 4. The molecule has 1 heterocycles. The van der Waals surface area contributed by atoms with Gasteiger partial charge in [-0.3, -0.25) is 4.79 Å². The van der Waals surface area contributed by atoms with Gasteiger partial charge in [-0.2, -0.15) is 0 Å². The van der Waals surface area contributed by atoms with E-state index < -0.39 is 6.04 Å². The summed E-state index contributed by atoms with van der Waals surface area (Å²) in [5.74, 6) is 0.195. The Kier molecular flexibility index (Phi) is 4.72. The minimum Gasteiger partial charge on any atom is -0.392 e. The van der Waals surface area contributed by atoms with Gasteiger partial charge < -0.3 is 20.5 Å². The lowest BCUT2D eigenvalue weighted by molar-refractivity contribution is -0.210. The summed E-state index contributed by atoms with van der Waals surface area (Å²) in [5.41, 5.74) is 5.81. The van der Waals surface area contributed by atoms with E-state index in [1.165, 1.54) is 0 Å². The number of ether oxygens (including phenoxy) is 1. The van der Waals surface area contributed by atoms with E-state index in [0.717, 1.165) is 19.3 Å². The summed E-state index contributed by atoms with van der Waals surface area (Å²) < 4.78 is 5.73. The fraction of sp³-hybridized carbons (Fsp3) is 0.933. The normalized spacial score (nSPS) is 30.4. The Morgan fingerprint density at radius 2 is 2.05 bits per heavy atom. The second-order valence-electron chi connectivity index (χ2n) is 6.52. The summed E-state index contributed by atoms with van der Waals surface area (Å²) in [7, 11) is 0. The van der Waals surface area contributed by atoms with Crippen molar-refractivity contribution in [3.8, 4) is 0 Å². The number of nitrogens with zero attached hydrogens (tertiary/aromatic N) is 1. The Morgan fingerprint density at radius 1 is 1.45 bits per heavy atom. The lowest BCUT2D eigenvalue weighted by atomic mass is 9.58. The summed E-state index contributed by atoms with van der Waals surface area (Å²) in [5, 5.41) is 10.1. The zero-order chi connectivity index (χ0) is 14.9. The molecule has 2 rings (SSSR count). The zero-order valence-corrected chi connectivity index (χ0v) is 12.8. The summed E-state index contributed by atoms with van der Waals surface area (Å²) in [6, 6.07) is -0.418. The molecule has 5 nitrogen and oxygen atoms in total. The van der Waals surface area contributed by atoms with Crippen LogP contribution in [-0.2, 0) is 9.53 Å². The third kappa shape index (κ3) is 2.59. The standard InChI is InChI=1S/C15H28N2O3/c1-4-20-12-9-11(18)15(12)5-7-17(8-6-15)14(19)13(16)10(2)3/h10-13,18H,4-9,16H2,1-3H3/t11?,12?,13-/m0/s1. The first kappa shape index (κ1) is 15.7. The smallest absolute Gasteiger partial charge is 0.239 e. The molecule has 0 aromatic rings. The van der Waals surface area contributed by atoms with Crippen molar-refractivity contribution in [2.24, 2.45) is 17.1 Å². The maximum atomic E-state index is 12.3. The number of hydrogen-bond acceptors (Lipinski definition) is 4. The quantitative estimate of drug-likeness (QED) is 0.799. The number of carbonyl (C=O) groups excluding carboxylic acids is 1. The fourth-order valence-corrected chi connectivity index (χ4v) is 3.46. The number of likely N-dealkylation sites (tertiary alicyclic amines) is 1. The molecule has 0 radical (unpaired) electrons. The molecule has 1 saturated carbocycles. The van der Waals surface area contributed by atoms with Crippen LogP contribution in [0, 0.1) is 11.3 Å². The second-order valence-corrected chi connectivity index (χ2v) is 6.52. The van der Waals surface area contributed by atoms with Crippen molar-refractivity contribution in [2.45, 2.75) is 58.3 Å². The average molecular weight is 284 g/mol. The molecule has 2 aliphatic rings. The van der Waals surface area contributed by atoms with Crippen molar-refractivity contribution in [2.75, 3.05) is 19.7 Å². The molecular formula is C15H28N2O3. The Labute approximate surface area is 121 Å². The van der Waals surface area contributed by atoms with Gasteiger partial charge in [0.05, 0.1) is 18.2 Å². The van der Waals surface area contributed by atoms with E-state index in [9.17, 15) is 9.90 Å². The Bertz CT molecular complexity index is 349. The number of aliphatic hydroxyl groups is 1. The van der Waals surface area contributed by atoms with Gasteiger partial charge in [-0.25, -0.2) is 0 Å². The highest BCUT2D eigenvalue weighted by Gasteiger charge is 2.56. The summed E-state index contributed by atoms with van der Waals surface area (Å²) in [6.45, 7) is 7.96. The lowest BCUT2D eigenvalue weighted by Crippen LogP contribution is -2.63. The van der Waals surface area contributed by atoms with E-state index in [1.54, 1.807) is 0 Å². The largest absolute Gasteiger partial charge is 0.392 e. The highest BCUT2D eigenvalue weighted by atomic mass is 16.5. The van der Waals surface area contributed by atoms with Crippen LogP contribution in [0.15, 0.2) is 0 Å². The van der Waals surface area contributed by atoms with Gasteiger partial charge in [-0.15, -0.1) is 0 Å². The molecule has 1 amide bonds. The Hall–Kier alpha value is -0.650. The van der Waals surface area contributed by atoms with Gasteiger partial charge in [0, 0.05) is 31.5 Å². The van der Waals surface area contributed by atoms with Gasteiger partial charge >= 0.3 is 0 Å². The topological polar surface area (TPSA) is 75.8 Å². The Morgan fingerprint density at radius 3 is 2.50 bits per heavy atom. The predicted octanol–water partition coefficient (Wildman–Crippen LogP) is 0.748. The van der Waals surface area contributed by atoms with Crippen molar-refractivity contribution < 1.29 is 14.6 Å². The number of hydrogen-bond donors (Lipinski definition) is 2. The van der Waals surface area contributed by atoms with Crippen LogP contribution in [0.1, 0.15) is 40.0 Å². The van der Waals surface area contributed by atoms with Gasteiger partial charge in [0.1, 0.15) is 0 Å². The molecule has 1 saturated heterocycles. The van der Waals surface area contributed by atoms with Crippen LogP contribution in [0.25, 0.3) is 0 Å². The number of piperidine rings is 1. The van der Waals surface area contributed by atoms with Gasteiger partial charge in [0.25, 0.3) is 0 Å². The number of nitrogens with two attached hydrogens (primary N) is 1. The third-order valence-electron chi connectivity index (χ3n) is 5.12. The van der Waals surface area contributed by atoms with E-state index in [4.69, 9.17) is 10.5 Å². The van der Waals surface area contributed by atoms with Gasteiger partial charge in [-0.05, 0) is 25.7 Å². The molecule has 0 bridgehead atoms. The molecule has 2 unspecified atom stereocenters. The molecule has 0 aromatic carbocycles. The van der Waals surface area contributed by atoms with E-state index in [2.05, 4.69) is 0 Å². The van der Waals surface area contributed by atoms with Crippen molar-refractivity contribution in [1.29, 1.82) is 0 Å². The van der Waals surface area contributed by atoms with E-state index in [-0.39, 0.29) is 29.4 Å². The molecule has 1 spiro atoms. The van der Waals surface area contributed by atoms with Crippen LogP contribution in [0.3, 0.4) is 0 Å². The number of aliphatic hydroxyl groups excluding tert-OH is 1. The fourth-order valence-electron chi connectivity index (χ4n) is 3.46. The molecule has 5 heteroatoms. The number of amides is 1. The first-order valence-corrected chi connectivity index (χ1v) is 7.76. The molecular weight excluding hydrogens is 256 g/mol. The molecule has 20 heavy (non-hydrogen) atoms. The van der Waals surface area contributed by atoms with Gasteiger partial charge in [0.2, 0.25) is 5.91 Å². The summed E-state index contributed by atoms with van der Waals surface area (Å²) in [6.07, 6.45) is 2.23. The molecule has 0 aromatic heterocycles. The van der Waals surface area contributed by atoms with Crippen LogP contribution in [-0.4, -0.2) is 53.9 Å². The van der Waals surface area contributed by atoms with Crippen LogP contribution < -0.4 is 5.73 Å². The highest BCUT2D eigenvalue weighted by molar-refractivity contribution is 5.82. The molecule has 3 atom stereocenters. The van der Waals surface area contributed by atoms with Gasteiger partial charge in [0.15, 0.2) is 0 Å². The van der Waals surface area contributed by atoms with E-state index in [0.29, 0.717) is 19.7 Å². The van der Waals surface area contributed by atoms with Crippen LogP contribution >= 0.6 is 0 Å². The van der Waals surface area contributed by atoms with Crippen LogP contribution in [0.4, 0.5) is 0 Å².